The molecule has 2 atom stereocenters. The minimum atomic E-state index is -0.967. The summed E-state index contributed by atoms with van der Waals surface area (Å²) in [5.41, 5.74) is 2.75. The van der Waals surface area contributed by atoms with Gasteiger partial charge in [0, 0.05) is 17.4 Å². The zero-order valence-electron chi connectivity index (χ0n) is 18.2. The number of carboxylic acids is 1. The largest absolute Gasteiger partial charge is 0.497 e. The molecule has 5 rings (SSSR count). The first kappa shape index (κ1) is 21.7. The number of ether oxygens (including phenoxy) is 1. The predicted molar refractivity (Wildman–Crippen MR) is 132 cm³/mol. The SMILES string of the molecule is COc1ccc(N2C(=S)NC(c3ccccn3)C2c2ccc(-c3ccc(C(=O)O)cc3)o2)cc1. The maximum Gasteiger partial charge on any atom is 0.335 e. The van der Waals surface area contributed by atoms with Crippen LogP contribution in [-0.2, 0) is 0 Å². The Labute approximate surface area is 201 Å². The van der Waals surface area contributed by atoms with Gasteiger partial charge in [-0.05, 0) is 72.9 Å². The Kier molecular flexibility index (Phi) is 5.73. The smallest absolute Gasteiger partial charge is 0.335 e. The monoisotopic (exact) mass is 471 g/mol. The number of rotatable bonds is 6. The van der Waals surface area contributed by atoms with E-state index in [0.717, 1.165) is 22.7 Å². The Balaban J connectivity index is 1.55. The van der Waals surface area contributed by atoms with E-state index in [4.69, 9.17) is 26.5 Å². The van der Waals surface area contributed by atoms with Crippen molar-refractivity contribution in [1.29, 1.82) is 0 Å². The third-order valence-electron chi connectivity index (χ3n) is 5.78. The predicted octanol–water partition coefficient (Wildman–Crippen LogP) is 5.23. The lowest BCUT2D eigenvalue weighted by Crippen LogP contribution is -2.29. The number of benzene rings is 2. The quantitative estimate of drug-likeness (QED) is 0.370. The molecular formula is C26H21N3O4S. The van der Waals surface area contributed by atoms with E-state index in [0.29, 0.717) is 16.6 Å². The highest BCUT2D eigenvalue weighted by molar-refractivity contribution is 7.80. The van der Waals surface area contributed by atoms with E-state index in [1.165, 1.54) is 0 Å². The topological polar surface area (TPSA) is 87.8 Å². The van der Waals surface area contributed by atoms with Gasteiger partial charge in [-0.15, -0.1) is 0 Å². The maximum absolute atomic E-state index is 11.2. The molecule has 34 heavy (non-hydrogen) atoms. The van der Waals surface area contributed by atoms with Crippen LogP contribution < -0.4 is 15.0 Å². The van der Waals surface area contributed by atoms with Crippen LogP contribution in [-0.4, -0.2) is 28.3 Å². The van der Waals surface area contributed by atoms with Crippen molar-refractivity contribution in [2.75, 3.05) is 12.0 Å². The number of thiocarbonyl (C=S) groups is 1. The molecule has 2 aromatic carbocycles. The summed E-state index contributed by atoms with van der Waals surface area (Å²) in [6, 6.07) is 23.3. The number of methoxy groups -OCH3 is 1. The van der Waals surface area contributed by atoms with Gasteiger partial charge in [-0.2, -0.15) is 0 Å². The Morgan fingerprint density at radius 2 is 1.82 bits per heavy atom. The Morgan fingerprint density at radius 3 is 2.47 bits per heavy atom. The van der Waals surface area contributed by atoms with E-state index >= 15 is 0 Å². The number of pyridine rings is 1. The van der Waals surface area contributed by atoms with Crippen LogP contribution in [0.3, 0.4) is 0 Å². The van der Waals surface area contributed by atoms with Crippen molar-refractivity contribution in [2.24, 2.45) is 0 Å². The highest BCUT2D eigenvalue weighted by Crippen LogP contribution is 2.43. The van der Waals surface area contributed by atoms with Gasteiger partial charge in [-0.1, -0.05) is 18.2 Å². The number of nitrogens with one attached hydrogen (secondary N) is 1. The van der Waals surface area contributed by atoms with Crippen molar-refractivity contribution >= 4 is 29.0 Å². The van der Waals surface area contributed by atoms with Crippen LogP contribution in [0.1, 0.15) is 33.9 Å². The molecule has 8 heteroatoms. The van der Waals surface area contributed by atoms with Crippen molar-refractivity contribution in [1.82, 2.24) is 10.3 Å². The number of aromatic nitrogens is 1. The molecule has 0 spiro atoms. The van der Waals surface area contributed by atoms with Gasteiger partial charge in [0.25, 0.3) is 0 Å². The van der Waals surface area contributed by atoms with Crippen molar-refractivity contribution in [3.8, 4) is 17.1 Å². The number of carbonyl (C=O) groups is 1. The first-order chi connectivity index (χ1) is 16.5. The number of aromatic carboxylic acids is 1. The van der Waals surface area contributed by atoms with Crippen LogP contribution in [0.2, 0.25) is 0 Å². The van der Waals surface area contributed by atoms with Crippen molar-refractivity contribution in [3.05, 3.63) is 102 Å². The van der Waals surface area contributed by atoms with Crippen LogP contribution in [0.4, 0.5) is 5.69 Å². The minimum absolute atomic E-state index is 0.224. The summed E-state index contributed by atoms with van der Waals surface area (Å²) >= 11 is 5.74. The highest BCUT2D eigenvalue weighted by atomic mass is 32.1. The second-order valence-electron chi connectivity index (χ2n) is 7.78. The fourth-order valence-corrected chi connectivity index (χ4v) is 4.45. The summed E-state index contributed by atoms with van der Waals surface area (Å²) in [5, 5.41) is 13.1. The molecular weight excluding hydrogens is 450 g/mol. The Bertz CT molecular complexity index is 1320. The third kappa shape index (κ3) is 3.99. The molecule has 2 N–H and O–H groups in total. The number of hydrogen-bond acceptors (Lipinski definition) is 5. The molecule has 0 bridgehead atoms. The second kappa shape index (κ2) is 8.99. The Morgan fingerprint density at radius 1 is 1.06 bits per heavy atom. The first-order valence-electron chi connectivity index (χ1n) is 10.6. The van der Waals surface area contributed by atoms with E-state index in [2.05, 4.69) is 10.3 Å². The van der Waals surface area contributed by atoms with Gasteiger partial charge in [0.2, 0.25) is 0 Å². The molecule has 0 saturated carbocycles. The van der Waals surface area contributed by atoms with E-state index < -0.39 is 5.97 Å². The standard InChI is InChI=1S/C26H21N3O4S/c1-32-19-11-9-18(10-12-19)29-24(23(28-26(29)34)20-4-2-3-15-27-20)22-14-13-21(33-22)16-5-7-17(8-6-16)25(30)31/h2-15,23-24H,1H3,(H,28,34)(H,30,31). The van der Waals surface area contributed by atoms with Gasteiger partial charge in [0.15, 0.2) is 5.11 Å². The molecule has 0 radical (unpaired) electrons. The molecule has 4 aromatic rings. The number of hydrogen-bond donors (Lipinski definition) is 2. The van der Waals surface area contributed by atoms with E-state index in [1.807, 2.05) is 59.5 Å². The normalized spacial score (nSPS) is 17.4. The van der Waals surface area contributed by atoms with Gasteiger partial charge in [-0.25, -0.2) is 4.79 Å². The van der Waals surface area contributed by atoms with Crippen LogP contribution in [0.15, 0.2) is 89.5 Å². The van der Waals surface area contributed by atoms with E-state index in [1.54, 1.807) is 37.6 Å². The molecule has 3 heterocycles. The van der Waals surface area contributed by atoms with Gasteiger partial charge < -0.3 is 24.5 Å². The first-order valence-corrected chi connectivity index (χ1v) is 11.0. The summed E-state index contributed by atoms with van der Waals surface area (Å²) in [4.78, 5) is 17.7. The number of anilines is 1. The number of furan rings is 1. The molecule has 1 fully saturated rings. The zero-order valence-corrected chi connectivity index (χ0v) is 19.0. The average Bonchev–Trinajstić information content (AvgIpc) is 3.49. The van der Waals surface area contributed by atoms with Crippen LogP contribution in [0.5, 0.6) is 5.75 Å². The molecule has 2 unspecified atom stereocenters. The molecule has 1 aliphatic heterocycles. The highest BCUT2D eigenvalue weighted by Gasteiger charge is 2.42. The number of carboxylic acid groups (broad SMARTS) is 1. The summed E-state index contributed by atoms with van der Waals surface area (Å²) in [7, 11) is 1.63. The zero-order chi connectivity index (χ0) is 23.7. The summed E-state index contributed by atoms with van der Waals surface area (Å²) in [6.45, 7) is 0. The van der Waals surface area contributed by atoms with Crippen molar-refractivity contribution in [2.45, 2.75) is 12.1 Å². The molecule has 7 nitrogen and oxygen atoms in total. The van der Waals surface area contributed by atoms with Gasteiger partial charge in [0.1, 0.15) is 23.3 Å². The lowest BCUT2D eigenvalue weighted by Gasteiger charge is -2.26. The average molecular weight is 472 g/mol. The van der Waals surface area contributed by atoms with E-state index in [9.17, 15) is 4.79 Å². The fourth-order valence-electron chi connectivity index (χ4n) is 4.11. The van der Waals surface area contributed by atoms with Crippen LogP contribution >= 0.6 is 12.2 Å². The summed E-state index contributed by atoms with van der Waals surface area (Å²) in [5.74, 6) is 1.13. The molecule has 0 amide bonds. The molecule has 170 valence electrons. The Hall–Kier alpha value is -4.17. The van der Waals surface area contributed by atoms with Gasteiger partial charge in [-0.3, -0.25) is 4.98 Å². The van der Waals surface area contributed by atoms with Gasteiger partial charge >= 0.3 is 5.97 Å². The minimum Gasteiger partial charge on any atom is -0.497 e. The maximum atomic E-state index is 11.2. The van der Waals surface area contributed by atoms with Crippen LogP contribution in [0.25, 0.3) is 11.3 Å². The van der Waals surface area contributed by atoms with Crippen molar-refractivity contribution < 1.29 is 19.1 Å². The van der Waals surface area contributed by atoms with Gasteiger partial charge in [0.05, 0.1) is 24.4 Å². The molecule has 1 saturated heterocycles. The van der Waals surface area contributed by atoms with Crippen LogP contribution in [0, 0.1) is 0 Å². The fraction of sp³-hybridized carbons (Fsp3) is 0.115. The third-order valence-corrected chi connectivity index (χ3v) is 6.10. The summed E-state index contributed by atoms with van der Waals surface area (Å²) in [6.07, 6.45) is 1.75. The molecule has 1 aliphatic rings. The number of nitrogens with zero attached hydrogens (tertiary/aromatic N) is 2. The molecule has 2 aromatic heterocycles. The van der Waals surface area contributed by atoms with Crippen molar-refractivity contribution in [3.63, 3.8) is 0 Å². The van der Waals surface area contributed by atoms with E-state index in [-0.39, 0.29) is 17.6 Å². The molecule has 0 aliphatic carbocycles. The lowest BCUT2D eigenvalue weighted by molar-refractivity contribution is 0.0697. The summed E-state index contributed by atoms with van der Waals surface area (Å²) < 4.78 is 11.6. The second-order valence-corrected chi connectivity index (χ2v) is 8.17. The lowest BCUT2D eigenvalue weighted by atomic mass is 10.0.